The number of carbonyl (C=O) groups excluding carboxylic acids is 2. The zero-order chi connectivity index (χ0) is 21.4. The highest BCUT2D eigenvalue weighted by molar-refractivity contribution is 7.99. The van der Waals surface area contributed by atoms with E-state index in [9.17, 15) is 18.0 Å². The third-order valence-electron chi connectivity index (χ3n) is 3.74. The van der Waals surface area contributed by atoms with E-state index in [-0.39, 0.29) is 11.3 Å². The number of nitrogens with one attached hydrogen (secondary N) is 1. The molecule has 10 heteroatoms. The van der Waals surface area contributed by atoms with Crippen LogP contribution in [0.5, 0.6) is 0 Å². The van der Waals surface area contributed by atoms with Crippen molar-refractivity contribution in [3.63, 3.8) is 0 Å². The lowest BCUT2D eigenvalue weighted by Gasteiger charge is -2.13. The summed E-state index contributed by atoms with van der Waals surface area (Å²) < 4.78 is 27.6. The van der Waals surface area contributed by atoms with E-state index in [0.29, 0.717) is 17.1 Å². The Bertz CT molecular complexity index is 948. The molecular formula is C19H21ClN2O5S2. The Hall–Kier alpha value is -2.07. The Morgan fingerprint density at radius 1 is 1.14 bits per heavy atom. The normalized spacial score (nSPS) is 12.2. The van der Waals surface area contributed by atoms with Gasteiger partial charge in [-0.3, -0.25) is 9.59 Å². The molecule has 0 aliphatic carbocycles. The summed E-state index contributed by atoms with van der Waals surface area (Å²) in [5.41, 5.74) is 0.365. The Kier molecular flexibility index (Phi) is 8.51. The third kappa shape index (κ3) is 8.06. The van der Waals surface area contributed by atoms with Crippen LogP contribution in [0.15, 0.2) is 58.3 Å². The lowest BCUT2D eigenvalue weighted by molar-refractivity contribution is -0.153. The van der Waals surface area contributed by atoms with Crippen LogP contribution < -0.4 is 10.5 Å². The van der Waals surface area contributed by atoms with Crippen LogP contribution in [0.3, 0.4) is 0 Å². The molecule has 2 rings (SSSR count). The number of amides is 1. The smallest absolute Gasteiger partial charge is 0.306 e. The highest BCUT2D eigenvalue weighted by Gasteiger charge is 2.18. The summed E-state index contributed by atoms with van der Waals surface area (Å²) >= 11 is 7.44. The molecule has 0 unspecified atom stereocenters. The number of primary sulfonamides is 1. The van der Waals surface area contributed by atoms with E-state index in [1.165, 1.54) is 31.2 Å². The second-order valence-corrected chi connectivity index (χ2v) is 9.26. The van der Waals surface area contributed by atoms with Gasteiger partial charge in [-0.1, -0.05) is 11.6 Å². The molecule has 0 aliphatic rings. The molecule has 1 amide bonds. The number of hydrogen-bond donors (Lipinski definition) is 2. The van der Waals surface area contributed by atoms with Crippen molar-refractivity contribution in [2.24, 2.45) is 5.14 Å². The Labute approximate surface area is 179 Å². The number of hydrogen-bond acceptors (Lipinski definition) is 6. The van der Waals surface area contributed by atoms with Crippen molar-refractivity contribution in [3.8, 4) is 0 Å². The van der Waals surface area contributed by atoms with Crippen molar-refractivity contribution in [1.29, 1.82) is 0 Å². The van der Waals surface area contributed by atoms with Gasteiger partial charge in [-0.2, -0.15) is 0 Å². The number of ether oxygens (including phenoxy) is 1. The largest absolute Gasteiger partial charge is 0.453 e. The zero-order valence-corrected chi connectivity index (χ0v) is 18.0. The molecule has 3 N–H and O–H groups in total. The van der Waals surface area contributed by atoms with Crippen LogP contribution in [0.4, 0.5) is 5.69 Å². The first-order valence-electron chi connectivity index (χ1n) is 8.67. The van der Waals surface area contributed by atoms with E-state index in [0.717, 1.165) is 10.6 Å². The van der Waals surface area contributed by atoms with Crippen molar-refractivity contribution >= 4 is 50.9 Å². The third-order valence-corrected chi connectivity index (χ3v) is 6.01. The fourth-order valence-corrected chi connectivity index (χ4v) is 3.71. The molecule has 2 aromatic carbocycles. The van der Waals surface area contributed by atoms with Gasteiger partial charge in [0.2, 0.25) is 10.0 Å². The summed E-state index contributed by atoms with van der Waals surface area (Å²) in [6, 6.07) is 12.8. The van der Waals surface area contributed by atoms with Gasteiger partial charge in [0, 0.05) is 22.0 Å². The van der Waals surface area contributed by atoms with Gasteiger partial charge < -0.3 is 10.1 Å². The van der Waals surface area contributed by atoms with Crippen LogP contribution in [-0.4, -0.2) is 32.2 Å². The Morgan fingerprint density at radius 3 is 2.34 bits per heavy atom. The van der Waals surface area contributed by atoms with Gasteiger partial charge >= 0.3 is 5.97 Å². The molecule has 0 spiro atoms. The SMILES string of the molecule is C[C@H](OC(=O)CCCSc1ccc(Cl)cc1)C(=O)Nc1ccc(S(N)(=O)=O)cc1. The van der Waals surface area contributed by atoms with Crippen molar-refractivity contribution in [1.82, 2.24) is 0 Å². The fraction of sp³-hybridized carbons (Fsp3) is 0.263. The molecule has 0 bridgehead atoms. The number of thioether (sulfide) groups is 1. The maximum atomic E-state index is 12.1. The van der Waals surface area contributed by atoms with Crippen molar-refractivity contribution in [3.05, 3.63) is 53.6 Å². The van der Waals surface area contributed by atoms with Gasteiger partial charge in [0.15, 0.2) is 6.10 Å². The van der Waals surface area contributed by atoms with Gasteiger partial charge in [0.1, 0.15) is 0 Å². The van der Waals surface area contributed by atoms with E-state index < -0.39 is 28.0 Å². The van der Waals surface area contributed by atoms with Crippen LogP contribution in [0, 0.1) is 0 Å². The highest BCUT2D eigenvalue weighted by Crippen LogP contribution is 2.21. The van der Waals surface area contributed by atoms with Crippen molar-refractivity contribution < 1.29 is 22.7 Å². The average Bonchev–Trinajstić information content (AvgIpc) is 2.66. The molecule has 0 saturated heterocycles. The minimum absolute atomic E-state index is 0.0635. The van der Waals surface area contributed by atoms with Gasteiger partial charge in [-0.15, -0.1) is 11.8 Å². The molecule has 0 fully saturated rings. The van der Waals surface area contributed by atoms with Crippen molar-refractivity contribution in [2.45, 2.75) is 35.7 Å². The maximum absolute atomic E-state index is 12.1. The molecule has 0 saturated carbocycles. The molecule has 2 aromatic rings. The summed E-state index contributed by atoms with van der Waals surface area (Å²) in [7, 11) is -3.80. The van der Waals surface area contributed by atoms with E-state index in [4.69, 9.17) is 21.5 Å². The molecule has 156 valence electrons. The number of sulfonamides is 1. The highest BCUT2D eigenvalue weighted by atomic mass is 35.5. The standard InChI is InChI=1S/C19H21ClN2O5S2/c1-13(19(24)22-15-6-10-17(11-7-15)29(21,25)26)27-18(23)3-2-12-28-16-8-4-14(20)5-9-16/h4-11,13H,2-3,12H2,1H3,(H,22,24)(H2,21,25,26)/t13-/m0/s1. The summed E-state index contributed by atoms with van der Waals surface area (Å²) in [5, 5.41) is 8.24. The van der Waals surface area contributed by atoms with Crippen LogP contribution >= 0.6 is 23.4 Å². The number of rotatable bonds is 9. The molecule has 1 atom stereocenters. The number of halogens is 1. The number of esters is 1. The Balaban J connectivity index is 1.72. The molecule has 0 aliphatic heterocycles. The molecule has 0 radical (unpaired) electrons. The predicted octanol–water partition coefficient (Wildman–Crippen LogP) is 3.43. The van der Waals surface area contributed by atoms with Gasteiger partial charge in [-0.05, 0) is 67.6 Å². The second kappa shape index (κ2) is 10.6. The quantitative estimate of drug-likeness (QED) is 0.339. The van der Waals surface area contributed by atoms with Gasteiger partial charge in [-0.25, -0.2) is 13.6 Å². The van der Waals surface area contributed by atoms with E-state index in [1.54, 1.807) is 23.9 Å². The lowest BCUT2D eigenvalue weighted by Crippen LogP contribution is -2.30. The Morgan fingerprint density at radius 2 is 1.76 bits per heavy atom. The minimum Gasteiger partial charge on any atom is -0.453 e. The maximum Gasteiger partial charge on any atom is 0.306 e. The number of nitrogens with two attached hydrogens (primary N) is 1. The number of anilines is 1. The molecule has 7 nitrogen and oxygen atoms in total. The molecule has 29 heavy (non-hydrogen) atoms. The van der Waals surface area contributed by atoms with E-state index in [1.807, 2.05) is 12.1 Å². The first-order chi connectivity index (χ1) is 13.6. The van der Waals surface area contributed by atoms with Crippen LogP contribution in [0.25, 0.3) is 0 Å². The minimum atomic E-state index is -3.80. The lowest BCUT2D eigenvalue weighted by atomic mass is 10.3. The van der Waals surface area contributed by atoms with E-state index >= 15 is 0 Å². The number of carbonyl (C=O) groups is 2. The molecular weight excluding hydrogens is 436 g/mol. The first kappa shape index (κ1) is 23.2. The van der Waals surface area contributed by atoms with E-state index in [2.05, 4.69) is 5.32 Å². The molecule has 0 heterocycles. The summed E-state index contributed by atoms with van der Waals surface area (Å²) in [6.45, 7) is 1.47. The first-order valence-corrected chi connectivity index (χ1v) is 11.6. The van der Waals surface area contributed by atoms with Gasteiger partial charge in [0.25, 0.3) is 5.91 Å². The van der Waals surface area contributed by atoms with Crippen LogP contribution in [-0.2, 0) is 24.3 Å². The average molecular weight is 457 g/mol. The van der Waals surface area contributed by atoms with Crippen LogP contribution in [0.1, 0.15) is 19.8 Å². The summed E-state index contributed by atoms with van der Waals surface area (Å²) in [5.74, 6) is -0.251. The van der Waals surface area contributed by atoms with Crippen LogP contribution in [0.2, 0.25) is 5.02 Å². The fourth-order valence-electron chi connectivity index (χ4n) is 2.22. The monoisotopic (exact) mass is 456 g/mol. The van der Waals surface area contributed by atoms with Crippen molar-refractivity contribution in [2.75, 3.05) is 11.1 Å². The zero-order valence-electron chi connectivity index (χ0n) is 15.6. The summed E-state index contributed by atoms with van der Waals surface area (Å²) in [6.07, 6.45) is -0.180. The van der Waals surface area contributed by atoms with Gasteiger partial charge in [0.05, 0.1) is 4.90 Å². The summed E-state index contributed by atoms with van der Waals surface area (Å²) in [4.78, 5) is 25.0. The molecule has 0 aromatic heterocycles. The predicted molar refractivity (Wildman–Crippen MR) is 113 cm³/mol. The second-order valence-electron chi connectivity index (χ2n) is 6.10. The topological polar surface area (TPSA) is 116 Å². The number of benzene rings is 2.